The Bertz CT molecular complexity index is 1230. The van der Waals surface area contributed by atoms with Gasteiger partial charge in [-0.15, -0.1) is 0 Å². The van der Waals surface area contributed by atoms with Crippen LogP contribution in [-0.2, 0) is 14.3 Å². The van der Waals surface area contributed by atoms with Crippen LogP contribution in [0.3, 0.4) is 0 Å². The zero-order valence-electron chi connectivity index (χ0n) is 19.1. The van der Waals surface area contributed by atoms with E-state index in [2.05, 4.69) is 10.2 Å². The smallest absolute Gasteiger partial charge is 0.340 e. The number of halogens is 2. The van der Waals surface area contributed by atoms with Gasteiger partial charge in [0, 0.05) is 40.5 Å². The van der Waals surface area contributed by atoms with Gasteiger partial charge >= 0.3 is 5.97 Å². The standard InChI is InChI=1S/C26H24Cl2N2O5/c1-2-34-26(32)22-16-20(3-6-23(22)30-9-11-33-12-10-30)29-25(31)8-5-21-4-7-24(35-21)17-13-18(27)15-19(28)14-17/h3-8,13-16H,2,9-12H2,1H3,(H,29,31)/b8-5+. The summed E-state index contributed by atoms with van der Waals surface area (Å²) in [6.45, 7) is 4.53. The maximum atomic E-state index is 12.6. The van der Waals surface area contributed by atoms with Gasteiger partial charge in [0.1, 0.15) is 11.5 Å². The highest BCUT2D eigenvalue weighted by atomic mass is 35.5. The fraction of sp³-hybridized carbons (Fsp3) is 0.231. The number of morpholine rings is 1. The zero-order valence-corrected chi connectivity index (χ0v) is 20.6. The molecule has 0 bridgehead atoms. The number of rotatable bonds is 7. The quantitative estimate of drug-likeness (QED) is 0.311. The van der Waals surface area contributed by atoms with Crippen molar-refractivity contribution >= 4 is 52.5 Å². The number of carbonyl (C=O) groups excluding carboxylic acids is 2. The molecule has 2 aromatic carbocycles. The molecule has 7 nitrogen and oxygen atoms in total. The van der Waals surface area contributed by atoms with E-state index in [9.17, 15) is 9.59 Å². The number of hydrogen-bond donors (Lipinski definition) is 1. The SMILES string of the molecule is CCOC(=O)c1cc(NC(=O)/C=C/c2ccc(-c3cc(Cl)cc(Cl)c3)o2)ccc1N1CCOCC1. The lowest BCUT2D eigenvalue weighted by atomic mass is 10.1. The van der Waals surface area contributed by atoms with E-state index in [-0.39, 0.29) is 12.5 Å². The summed E-state index contributed by atoms with van der Waals surface area (Å²) in [6.07, 6.45) is 2.91. The predicted molar refractivity (Wildman–Crippen MR) is 137 cm³/mol. The molecule has 9 heteroatoms. The van der Waals surface area contributed by atoms with E-state index in [0.29, 0.717) is 59.1 Å². The van der Waals surface area contributed by atoms with Crippen LogP contribution < -0.4 is 10.2 Å². The van der Waals surface area contributed by atoms with Crippen molar-refractivity contribution in [2.24, 2.45) is 0 Å². The molecule has 0 unspecified atom stereocenters. The van der Waals surface area contributed by atoms with Gasteiger partial charge in [-0.1, -0.05) is 23.2 Å². The Morgan fingerprint density at radius 2 is 1.80 bits per heavy atom. The Kier molecular flexibility index (Phi) is 8.13. The van der Waals surface area contributed by atoms with E-state index in [1.807, 2.05) is 6.07 Å². The van der Waals surface area contributed by atoms with Gasteiger partial charge in [-0.25, -0.2) is 4.79 Å². The zero-order chi connectivity index (χ0) is 24.8. The summed E-state index contributed by atoms with van der Waals surface area (Å²) < 4.78 is 16.4. The number of anilines is 2. The number of amides is 1. The fourth-order valence-corrected chi connectivity index (χ4v) is 4.23. The maximum Gasteiger partial charge on any atom is 0.340 e. The molecule has 2 heterocycles. The van der Waals surface area contributed by atoms with Gasteiger partial charge in [0.15, 0.2) is 0 Å². The molecule has 1 amide bonds. The van der Waals surface area contributed by atoms with Crippen molar-refractivity contribution in [2.75, 3.05) is 43.1 Å². The Morgan fingerprint density at radius 3 is 2.51 bits per heavy atom. The van der Waals surface area contributed by atoms with E-state index in [4.69, 9.17) is 37.1 Å². The Hall–Kier alpha value is -3.26. The molecule has 35 heavy (non-hydrogen) atoms. The lowest BCUT2D eigenvalue weighted by Gasteiger charge is -2.30. The van der Waals surface area contributed by atoms with Crippen molar-refractivity contribution < 1.29 is 23.5 Å². The van der Waals surface area contributed by atoms with Crippen LogP contribution in [0.4, 0.5) is 11.4 Å². The summed E-state index contributed by atoms with van der Waals surface area (Å²) in [5, 5.41) is 3.78. The number of ether oxygens (including phenoxy) is 2. The van der Waals surface area contributed by atoms with Crippen LogP contribution in [0.1, 0.15) is 23.0 Å². The molecule has 4 rings (SSSR count). The minimum Gasteiger partial charge on any atom is -0.462 e. The summed E-state index contributed by atoms with van der Waals surface area (Å²) in [5.41, 5.74) is 2.36. The molecule has 0 atom stereocenters. The number of carbonyl (C=O) groups is 2. The second kappa shape index (κ2) is 11.4. The summed E-state index contributed by atoms with van der Waals surface area (Å²) in [4.78, 5) is 27.2. The lowest BCUT2D eigenvalue weighted by Crippen LogP contribution is -2.37. The number of esters is 1. The predicted octanol–water partition coefficient (Wildman–Crippen LogP) is 5.92. The molecule has 3 aromatic rings. The number of nitrogens with zero attached hydrogens (tertiary/aromatic N) is 1. The second-order valence-corrected chi connectivity index (χ2v) is 8.61. The lowest BCUT2D eigenvalue weighted by molar-refractivity contribution is -0.111. The molecule has 1 aliphatic rings. The van der Waals surface area contributed by atoms with Gasteiger partial charge in [-0.2, -0.15) is 0 Å². The molecule has 1 N–H and O–H groups in total. The van der Waals surface area contributed by atoms with Crippen molar-refractivity contribution in [1.29, 1.82) is 0 Å². The molecular formula is C26H24Cl2N2O5. The minimum atomic E-state index is -0.440. The number of furan rings is 1. The van der Waals surface area contributed by atoms with Crippen molar-refractivity contribution in [3.05, 3.63) is 76.0 Å². The van der Waals surface area contributed by atoms with Crippen molar-refractivity contribution in [2.45, 2.75) is 6.92 Å². The normalized spacial score (nSPS) is 13.7. The Morgan fingerprint density at radius 1 is 1.06 bits per heavy atom. The first-order chi connectivity index (χ1) is 16.9. The number of nitrogens with one attached hydrogen (secondary N) is 1. The molecule has 0 saturated carbocycles. The third-order valence-electron chi connectivity index (χ3n) is 5.28. The molecule has 1 aliphatic heterocycles. The molecular weight excluding hydrogens is 491 g/mol. The monoisotopic (exact) mass is 514 g/mol. The van der Waals surface area contributed by atoms with Gasteiger partial charge in [0.05, 0.1) is 31.1 Å². The van der Waals surface area contributed by atoms with E-state index < -0.39 is 5.97 Å². The molecule has 1 aromatic heterocycles. The van der Waals surface area contributed by atoms with Crippen LogP contribution in [0.2, 0.25) is 10.0 Å². The molecule has 182 valence electrons. The summed E-state index contributed by atoms with van der Waals surface area (Å²) in [5.74, 6) is 0.251. The molecule has 0 radical (unpaired) electrons. The minimum absolute atomic E-state index is 0.257. The van der Waals surface area contributed by atoms with Crippen molar-refractivity contribution in [1.82, 2.24) is 0 Å². The molecule has 0 aliphatic carbocycles. The van der Waals surface area contributed by atoms with E-state index >= 15 is 0 Å². The third-order valence-corrected chi connectivity index (χ3v) is 5.72. The largest absolute Gasteiger partial charge is 0.462 e. The van der Waals surface area contributed by atoms with Crippen LogP contribution in [0.5, 0.6) is 0 Å². The summed E-state index contributed by atoms with van der Waals surface area (Å²) in [6, 6.07) is 13.8. The van der Waals surface area contributed by atoms with E-state index in [0.717, 1.165) is 11.3 Å². The highest BCUT2D eigenvalue weighted by Gasteiger charge is 2.20. The first-order valence-corrected chi connectivity index (χ1v) is 11.9. The Labute approximate surface area is 213 Å². The van der Waals surface area contributed by atoms with Crippen LogP contribution in [-0.4, -0.2) is 44.8 Å². The third kappa shape index (κ3) is 6.45. The first-order valence-electron chi connectivity index (χ1n) is 11.1. The van der Waals surface area contributed by atoms with Gasteiger partial charge < -0.3 is 24.1 Å². The van der Waals surface area contributed by atoms with Crippen LogP contribution in [0, 0.1) is 0 Å². The van der Waals surface area contributed by atoms with E-state index in [1.165, 1.54) is 6.08 Å². The maximum absolute atomic E-state index is 12.6. The number of hydrogen-bond acceptors (Lipinski definition) is 6. The average molecular weight is 515 g/mol. The second-order valence-electron chi connectivity index (χ2n) is 7.73. The van der Waals surface area contributed by atoms with Crippen LogP contribution in [0.25, 0.3) is 17.4 Å². The van der Waals surface area contributed by atoms with Gasteiger partial charge in [-0.05, 0) is 61.5 Å². The molecule has 0 spiro atoms. The first kappa shape index (κ1) is 24.9. The number of benzene rings is 2. The highest BCUT2D eigenvalue weighted by molar-refractivity contribution is 6.35. The van der Waals surface area contributed by atoms with Gasteiger partial charge in [0.25, 0.3) is 0 Å². The summed E-state index contributed by atoms with van der Waals surface area (Å²) in [7, 11) is 0. The molecule has 1 fully saturated rings. The average Bonchev–Trinajstić information content (AvgIpc) is 3.32. The van der Waals surface area contributed by atoms with Crippen LogP contribution in [0.15, 0.2) is 59.0 Å². The van der Waals surface area contributed by atoms with Crippen molar-refractivity contribution in [3.63, 3.8) is 0 Å². The topological polar surface area (TPSA) is 81.0 Å². The Balaban J connectivity index is 1.47. The van der Waals surface area contributed by atoms with E-state index in [1.54, 1.807) is 55.5 Å². The van der Waals surface area contributed by atoms with Crippen LogP contribution >= 0.6 is 23.2 Å². The summed E-state index contributed by atoms with van der Waals surface area (Å²) >= 11 is 12.1. The van der Waals surface area contributed by atoms with Gasteiger partial charge in [-0.3, -0.25) is 4.79 Å². The van der Waals surface area contributed by atoms with Gasteiger partial charge in [0.2, 0.25) is 5.91 Å². The fourth-order valence-electron chi connectivity index (χ4n) is 3.70. The van der Waals surface area contributed by atoms with Crippen molar-refractivity contribution in [3.8, 4) is 11.3 Å². The highest BCUT2D eigenvalue weighted by Crippen LogP contribution is 2.29. The molecule has 1 saturated heterocycles.